The van der Waals surface area contributed by atoms with Crippen molar-refractivity contribution in [3.63, 3.8) is 0 Å². The van der Waals surface area contributed by atoms with Crippen molar-refractivity contribution >= 4 is 5.97 Å². The molecule has 2 atom stereocenters. The Morgan fingerprint density at radius 2 is 2.16 bits per heavy atom. The predicted molar refractivity (Wildman–Crippen MR) is 78.0 cm³/mol. The number of methoxy groups -OCH3 is 1. The minimum atomic E-state index is -0.845. The third-order valence-electron chi connectivity index (χ3n) is 4.26. The molecule has 1 heterocycles. The van der Waals surface area contributed by atoms with Gasteiger partial charge >= 0.3 is 5.97 Å². The lowest BCUT2D eigenvalue weighted by molar-refractivity contribution is -0.146. The highest BCUT2D eigenvalue weighted by atomic mass is 16.5. The van der Waals surface area contributed by atoms with Gasteiger partial charge in [-0.1, -0.05) is 19.8 Å². The van der Waals surface area contributed by atoms with Crippen LogP contribution >= 0.6 is 0 Å². The van der Waals surface area contributed by atoms with Gasteiger partial charge in [0.1, 0.15) is 5.54 Å². The van der Waals surface area contributed by atoms with Gasteiger partial charge in [-0.15, -0.1) is 0 Å². The van der Waals surface area contributed by atoms with Crippen LogP contribution in [0.25, 0.3) is 0 Å². The fraction of sp³-hybridized carbons (Fsp3) is 0.933. The molecule has 4 heteroatoms. The molecule has 0 aromatic carbocycles. The van der Waals surface area contributed by atoms with Crippen molar-refractivity contribution in [2.75, 3.05) is 20.2 Å². The summed E-state index contributed by atoms with van der Waals surface area (Å²) in [5.41, 5.74) is 5.15. The number of nitrogens with two attached hydrogens (primary N) is 1. The lowest BCUT2D eigenvalue weighted by Gasteiger charge is -2.30. The van der Waals surface area contributed by atoms with Crippen molar-refractivity contribution in [3.8, 4) is 0 Å². The van der Waals surface area contributed by atoms with Crippen molar-refractivity contribution in [2.24, 2.45) is 5.73 Å². The molecule has 0 spiro atoms. The molecule has 112 valence electrons. The van der Waals surface area contributed by atoms with E-state index in [9.17, 15) is 4.79 Å². The van der Waals surface area contributed by atoms with Gasteiger partial charge in [-0.3, -0.25) is 4.79 Å². The van der Waals surface area contributed by atoms with Crippen molar-refractivity contribution in [1.29, 1.82) is 0 Å². The predicted octanol–water partition coefficient (Wildman–Crippen LogP) is 2.31. The second-order valence-electron chi connectivity index (χ2n) is 5.96. The van der Waals surface area contributed by atoms with Crippen molar-refractivity contribution < 1.29 is 9.53 Å². The standard InChI is InChI=1S/C15H30N2O2/c1-4-13-9-6-5-7-11-17(13)12-8-10-15(2,16)14(18)19-3/h13H,4-12,16H2,1-3H3. The zero-order valence-corrected chi connectivity index (χ0v) is 12.8. The fourth-order valence-electron chi connectivity index (χ4n) is 2.98. The van der Waals surface area contributed by atoms with E-state index in [0.717, 1.165) is 13.0 Å². The van der Waals surface area contributed by atoms with E-state index in [1.54, 1.807) is 6.92 Å². The zero-order chi connectivity index (χ0) is 14.3. The van der Waals surface area contributed by atoms with E-state index in [2.05, 4.69) is 11.8 Å². The van der Waals surface area contributed by atoms with Gasteiger partial charge in [-0.05, 0) is 52.1 Å². The van der Waals surface area contributed by atoms with Crippen LogP contribution in [0.3, 0.4) is 0 Å². The molecule has 2 unspecified atom stereocenters. The third kappa shape index (κ3) is 5.11. The Balaban J connectivity index is 2.39. The second-order valence-corrected chi connectivity index (χ2v) is 5.96. The third-order valence-corrected chi connectivity index (χ3v) is 4.26. The Morgan fingerprint density at radius 3 is 2.79 bits per heavy atom. The zero-order valence-electron chi connectivity index (χ0n) is 12.8. The van der Waals surface area contributed by atoms with E-state index >= 15 is 0 Å². The highest BCUT2D eigenvalue weighted by Crippen LogP contribution is 2.20. The number of hydrogen-bond acceptors (Lipinski definition) is 4. The summed E-state index contributed by atoms with van der Waals surface area (Å²) >= 11 is 0. The van der Waals surface area contributed by atoms with Crippen molar-refractivity contribution in [3.05, 3.63) is 0 Å². The first kappa shape index (κ1) is 16.4. The number of carbonyl (C=O) groups is 1. The SMILES string of the molecule is CCC1CCCCCN1CCCC(C)(N)C(=O)OC. The molecular formula is C15H30N2O2. The number of esters is 1. The number of likely N-dealkylation sites (tertiary alicyclic amines) is 1. The van der Waals surface area contributed by atoms with Crippen LogP contribution in [0.2, 0.25) is 0 Å². The largest absolute Gasteiger partial charge is 0.468 e. The smallest absolute Gasteiger partial charge is 0.325 e. The first-order valence-electron chi connectivity index (χ1n) is 7.62. The average molecular weight is 270 g/mol. The Hall–Kier alpha value is -0.610. The monoisotopic (exact) mass is 270 g/mol. The van der Waals surface area contributed by atoms with Gasteiger partial charge in [-0.25, -0.2) is 0 Å². The van der Waals surface area contributed by atoms with Gasteiger partial charge in [0, 0.05) is 6.04 Å². The van der Waals surface area contributed by atoms with Crippen molar-refractivity contribution in [2.45, 2.75) is 70.4 Å². The number of nitrogens with zero attached hydrogens (tertiary/aromatic N) is 1. The van der Waals surface area contributed by atoms with Crippen LogP contribution in [0.1, 0.15) is 58.8 Å². The van der Waals surface area contributed by atoms with Crippen LogP contribution in [0.5, 0.6) is 0 Å². The maximum Gasteiger partial charge on any atom is 0.325 e. The first-order valence-corrected chi connectivity index (χ1v) is 7.62. The Morgan fingerprint density at radius 1 is 1.42 bits per heavy atom. The molecule has 0 aliphatic carbocycles. The van der Waals surface area contributed by atoms with Gasteiger partial charge in [0.05, 0.1) is 7.11 Å². The van der Waals surface area contributed by atoms with Crippen LogP contribution in [-0.2, 0) is 9.53 Å². The van der Waals surface area contributed by atoms with Gasteiger partial charge in [0.25, 0.3) is 0 Å². The van der Waals surface area contributed by atoms with Crippen molar-refractivity contribution in [1.82, 2.24) is 4.90 Å². The Labute approximate surface area is 117 Å². The van der Waals surface area contributed by atoms with E-state index in [0.29, 0.717) is 12.5 Å². The highest BCUT2D eigenvalue weighted by Gasteiger charge is 2.29. The minimum absolute atomic E-state index is 0.310. The molecule has 1 aliphatic heterocycles. The molecule has 1 rings (SSSR count). The quantitative estimate of drug-likeness (QED) is 0.753. The van der Waals surface area contributed by atoms with Crippen LogP contribution < -0.4 is 5.73 Å². The van der Waals surface area contributed by atoms with Gasteiger partial charge in [-0.2, -0.15) is 0 Å². The number of rotatable bonds is 6. The van der Waals surface area contributed by atoms with E-state index < -0.39 is 5.54 Å². The molecule has 0 bridgehead atoms. The summed E-state index contributed by atoms with van der Waals surface area (Å²) in [7, 11) is 1.40. The van der Waals surface area contributed by atoms with Gasteiger partial charge < -0.3 is 15.4 Å². The molecule has 0 aromatic rings. The van der Waals surface area contributed by atoms with E-state index in [1.807, 2.05) is 0 Å². The van der Waals surface area contributed by atoms with Crippen LogP contribution in [0.15, 0.2) is 0 Å². The Kier molecular flexibility index (Phi) is 6.80. The lowest BCUT2D eigenvalue weighted by Crippen LogP contribution is -2.46. The normalized spacial score (nSPS) is 24.5. The lowest BCUT2D eigenvalue weighted by atomic mass is 9.97. The highest BCUT2D eigenvalue weighted by molar-refractivity contribution is 5.79. The van der Waals surface area contributed by atoms with Crippen LogP contribution in [-0.4, -0.2) is 42.6 Å². The molecule has 2 N–H and O–H groups in total. The number of carbonyl (C=O) groups excluding carboxylic acids is 1. The van der Waals surface area contributed by atoms with E-state index in [-0.39, 0.29) is 5.97 Å². The topological polar surface area (TPSA) is 55.6 Å². The average Bonchev–Trinajstić information content (AvgIpc) is 2.62. The summed E-state index contributed by atoms with van der Waals surface area (Å²) in [6.07, 6.45) is 8.18. The second kappa shape index (κ2) is 7.85. The molecule has 0 amide bonds. The first-order chi connectivity index (χ1) is 9.01. The molecule has 1 saturated heterocycles. The van der Waals surface area contributed by atoms with Gasteiger partial charge in [0.15, 0.2) is 0 Å². The fourth-order valence-corrected chi connectivity index (χ4v) is 2.98. The molecule has 0 aromatic heterocycles. The van der Waals surface area contributed by atoms with E-state index in [4.69, 9.17) is 10.5 Å². The number of ether oxygens (including phenoxy) is 1. The molecule has 0 saturated carbocycles. The number of hydrogen-bond donors (Lipinski definition) is 1. The molecule has 4 nitrogen and oxygen atoms in total. The van der Waals surface area contributed by atoms with Crippen LogP contribution in [0, 0.1) is 0 Å². The summed E-state index contributed by atoms with van der Waals surface area (Å²) < 4.78 is 4.74. The molecule has 1 aliphatic rings. The minimum Gasteiger partial charge on any atom is -0.468 e. The molecule has 1 fully saturated rings. The molecule has 19 heavy (non-hydrogen) atoms. The maximum absolute atomic E-state index is 11.5. The summed E-state index contributed by atoms with van der Waals surface area (Å²) in [5.74, 6) is -0.310. The molecule has 0 radical (unpaired) electrons. The summed E-state index contributed by atoms with van der Waals surface area (Å²) in [5, 5.41) is 0. The maximum atomic E-state index is 11.5. The summed E-state index contributed by atoms with van der Waals surface area (Å²) in [6, 6.07) is 0.713. The Bertz CT molecular complexity index is 279. The van der Waals surface area contributed by atoms with E-state index in [1.165, 1.54) is 45.8 Å². The summed E-state index contributed by atoms with van der Waals surface area (Å²) in [4.78, 5) is 14.1. The molecular weight excluding hydrogens is 240 g/mol. The van der Waals surface area contributed by atoms with Crippen LogP contribution in [0.4, 0.5) is 0 Å². The van der Waals surface area contributed by atoms with Gasteiger partial charge in [0.2, 0.25) is 0 Å². The summed E-state index contributed by atoms with van der Waals surface area (Å²) in [6.45, 7) is 6.27.